The minimum atomic E-state index is -0.419. The summed E-state index contributed by atoms with van der Waals surface area (Å²) in [5, 5.41) is 19.0. The molecule has 1 aliphatic heterocycles. The summed E-state index contributed by atoms with van der Waals surface area (Å²) >= 11 is 3.65. The fourth-order valence-corrected chi connectivity index (χ4v) is 5.08. The molecule has 0 spiro atoms. The number of nitrogens with zero attached hydrogens (tertiary/aromatic N) is 3. The van der Waals surface area contributed by atoms with Gasteiger partial charge in [0.25, 0.3) is 0 Å². The smallest absolute Gasteiger partial charge is 0.0863 e. The van der Waals surface area contributed by atoms with E-state index in [1.165, 1.54) is 15.3 Å². The van der Waals surface area contributed by atoms with Crippen LogP contribution in [0.1, 0.15) is 21.4 Å². The van der Waals surface area contributed by atoms with Crippen LogP contribution in [-0.4, -0.2) is 39.0 Å². The molecule has 1 N–H and O–H groups in total. The second kappa shape index (κ2) is 6.57. The Morgan fingerprint density at radius 2 is 2.17 bits per heavy atom. The Morgan fingerprint density at radius 3 is 2.96 bits per heavy atom. The molecule has 0 amide bonds. The van der Waals surface area contributed by atoms with Gasteiger partial charge in [-0.3, -0.25) is 9.58 Å². The van der Waals surface area contributed by atoms with Crippen molar-refractivity contribution in [2.24, 2.45) is 0 Å². The molecule has 120 valence electrons. The lowest BCUT2D eigenvalue weighted by Crippen LogP contribution is -2.41. The molecule has 4 heterocycles. The van der Waals surface area contributed by atoms with E-state index < -0.39 is 6.10 Å². The highest BCUT2D eigenvalue weighted by atomic mass is 32.1. The summed E-state index contributed by atoms with van der Waals surface area (Å²) in [5.41, 5.74) is 1.41. The van der Waals surface area contributed by atoms with Crippen LogP contribution in [-0.2, 0) is 13.0 Å². The van der Waals surface area contributed by atoms with Crippen molar-refractivity contribution >= 4 is 22.7 Å². The summed E-state index contributed by atoms with van der Waals surface area (Å²) in [5.74, 6) is 0. The monoisotopic (exact) mass is 345 g/mol. The van der Waals surface area contributed by atoms with Crippen LogP contribution >= 0.6 is 22.7 Å². The van der Waals surface area contributed by atoms with Gasteiger partial charge in [-0.15, -0.1) is 22.7 Å². The molecule has 0 aliphatic carbocycles. The summed E-state index contributed by atoms with van der Waals surface area (Å²) in [4.78, 5) is 5.26. The standard InChI is InChI=1S/C17H19N3OS2/c21-13(12-20-7-2-6-18-20)11-19-8-4-15-14(5-10-23-15)17(19)16-3-1-9-22-16/h1-3,5-7,9-10,13,17,21H,4,8,11-12H2/t13-,17+/m0/s1. The highest BCUT2D eigenvalue weighted by Gasteiger charge is 2.31. The second-order valence-corrected chi connectivity index (χ2v) is 7.82. The molecule has 2 atom stereocenters. The predicted molar refractivity (Wildman–Crippen MR) is 94.0 cm³/mol. The number of aromatic nitrogens is 2. The lowest BCUT2D eigenvalue weighted by molar-refractivity contribution is 0.0787. The van der Waals surface area contributed by atoms with Gasteiger partial charge in [0.2, 0.25) is 0 Å². The van der Waals surface area contributed by atoms with E-state index in [1.807, 2.05) is 23.6 Å². The van der Waals surface area contributed by atoms with Crippen LogP contribution in [0.3, 0.4) is 0 Å². The summed E-state index contributed by atoms with van der Waals surface area (Å²) in [6, 6.07) is 8.72. The van der Waals surface area contributed by atoms with E-state index in [4.69, 9.17) is 0 Å². The zero-order valence-electron chi connectivity index (χ0n) is 12.7. The molecule has 0 saturated heterocycles. The Bertz CT molecular complexity index is 736. The van der Waals surface area contributed by atoms with Gasteiger partial charge in [0.15, 0.2) is 0 Å². The zero-order valence-corrected chi connectivity index (χ0v) is 14.3. The fourth-order valence-electron chi connectivity index (χ4n) is 3.30. The number of hydrogen-bond acceptors (Lipinski definition) is 5. The van der Waals surface area contributed by atoms with Crippen molar-refractivity contribution in [2.75, 3.05) is 13.1 Å². The molecule has 6 heteroatoms. The maximum Gasteiger partial charge on any atom is 0.0863 e. The highest BCUT2D eigenvalue weighted by molar-refractivity contribution is 7.10. The van der Waals surface area contributed by atoms with Crippen LogP contribution in [0.5, 0.6) is 0 Å². The third-order valence-electron chi connectivity index (χ3n) is 4.28. The maximum atomic E-state index is 10.5. The average molecular weight is 345 g/mol. The van der Waals surface area contributed by atoms with Crippen LogP contribution in [0.4, 0.5) is 0 Å². The number of thiophene rings is 2. The average Bonchev–Trinajstić information content (AvgIpc) is 3.29. The molecule has 0 saturated carbocycles. The molecule has 1 aliphatic rings. The quantitative estimate of drug-likeness (QED) is 0.773. The van der Waals surface area contributed by atoms with Crippen molar-refractivity contribution in [1.29, 1.82) is 0 Å². The van der Waals surface area contributed by atoms with E-state index in [-0.39, 0.29) is 6.04 Å². The normalized spacial score (nSPS) is 19.6. The summed E-state index contributed by atoms with van der Waals surface area (Å²) in [7, 11) is 0. The Hall–Kier alpha value is -1.47. The summed E-state index contributed by atoms with van der Waals surface area (Å²) < 4.78 is 1.80. The van der Waals surface area contributed by atoms with E-state index in [0.717, 1.165) is 13.0 Å². The fraction of sp³-hybridized carbons (Fsp3) is 0.353. The molecule has 0 unspecified atom stereocenters. The first-order valence-corrected chi connectivity index (χ1v) is 9.56. The number of aliphatic hydroxyl groups excluding tert-OH is 1. The van der Waals surface area contributed by atoms with Gasteiger partial charge in [0.05, 0.1) is 18.7 Å². The SMILES string of the molecule is O[C@@H](CN1CCc2sccc2[C@@H]1c1cccs1)Cn1cccn1. The first kappa shape index (κ1) is 15.1. The molecule has 0 bridgehead atoms. The number of hydrogen-bond donors (Lipinski definition) is 1. The second-order valence-electron chi connectivity index (χ2n) is 5.84. The van der Waals surface area contributed by atoms with Gasteiger partial charge in [-0.2, -0.15) is 5.10 Å². The first-order chi connectivity index (χ1) is 11.3. The van der Waals surface area contributed by atoms with Crippen molar-refractivity contribution in [2.45, 2.75) is 25.1 Å². The van der Waals surface area contributed by atoms with E-state index in [0.29, 0.717) is 13.1 Å². The predicted octanol–water partition coefficient (Wildman–Crippen LogP) is 3.01. The van der Waals surface area contributed by atoms with Gasteiger partial charge in [-0.1, -0.05) is 6.07 Å². The van der Waals surface area contributed by atoms with Crippen LogP contribution in [0, 0.1) is 0 Å². The largest absolute Gasteiger partial charge is 0.390 e. The Labute approximate surface area is 143 Å². The van der Waals surface area contributed by atoms with Crippen LogP contribution in [0.15, 0.2) is 47.4 Å². The summed E-state index contributed by atoms with van der Waals surface area (Å²) in [6.45, 7) is 2.20. The molecule has 0 fully saturated rings. The van der Waals surface area contributed by atoms with Crippen LogP contribution in [0.25, 0.3) is 0 Å². The van der Waals surface area contributed by atoms with E-state index >= 15 is 0 Å². The molecular weight excluding hydrogens is 326 g/mol. The van der Waals surface area contributed by atoms with Gasteiger partial charge in [0, 0.05) is 35.2 Å². The topological polar surface area (TPSA) is 41.3 Å². The lowest BCUT2D eigenvalue weighted by Gasteiger charge is -2.36. The molecule has 23 heavy (non-hydrogen) atoms. The lowest BCUT2D eigenvalue weighted by atomic mass is 9.98. The molecule has 0 radical (unpaired) electrons. The number of rotatable bonds is 5. The zero-order chi connectivity index (χ0) is 15.6. The van der Waals surface area contributed by atoms with Crippen LogP contribution in [0.2, 0.25) is 0 Å². The molecule has 4 nitrogen and oxygen atoms in total. The van der Waals surface area contributed by atoms with E-state index in [2.05, 4.69) is 39.0 Å². The molecule has 3 aromatic rings. The maximum absolute atomic E-state index is 10.5. The van der Waals surface area contributed by atoms with E-state index in [1.54, 1.807) is 22.2 Å². The van der Waals surface area contributed by atoms with Crippen molar-refractivity contribution in [3.05, 3.63) is 62.7 Å². The van der Waals surface area contributed by atoms with Gasteiger partial charge in [0.1, 0.15) is 0 Å². The van der Waals surface area contributed by atoms with Crippen molar-refractivity contribution in [3.63, 3.8) is 0 Å². The Kier molecular flexibility index (Phi) is 4.31. The van der Waals surface area contributed by atoms with Gasteiger partial charge in [-0.05, 0) is 40.9 Å². The third-order valence-corrected chi connectivity index (χ3v) is 6.20. The molecule has 3 aromatic heterocycles. The van der Waals surface area contributed by atoms with Gasteiger partial charge < -0.3 is 5.11 Å². The van der Waals surface area contributed by atoms with E-state index in [9.17, 15) is 5.11 Å². The van der Waals surface area contributed by atoms with Crippen molar-refractivity contribution in [3.8, 4) is 0 Å². The molecule has 4 rings (SSSR count). The summed E-state index contributed by atoms with van der Waals surface area (Å²) in [6.07, 6.45) is 4.30. The Morgan fingerprint density at radius 1 is 1.22 bits per heavy atom. The highest BCUT2D eigenvalue weighted by Crippen LogP contribution is 2.39. The minimum Gasteiger partial charge on any atom is -0.390 e. The van der Waals surface area contributed by atoms with Gasteiger partial charge in [-0.25, -0.2) is 0 Å². The first-order valence-electron chi connectivity index (χ1n) is 7.80. The number of aliphatic hydroxyl groups is 1. The Balaban J connectivity index is 1.55. The van der Waals surface area contributed by atoms with Gasteiger partial charge >= 0.3 is 0 Å². The number of β-amino-alcohol motifs (C(OH)–C–C–N with tert-alkyl or cyclic N) is 1. The van der Waals surface area contributed by atoms with Crippen molar-refractivity contribution in [1.82, 2.24) is 14.7 Å². The number of fused-ring (bicyclic) bond motifs is 1. The minimum absolute atomic E-state index is 0.275. The third kappa shape index (κ3) is 3.12. The molecular formula is C17H19N3OS2. The van der Waals surface area contributed by atoms with Crippen molar-refractivity contribution < 1.29 is 5.11 Å². The molecule has 0 aromatic carbocycles. The van der Waals surface area contributed by atoms with Crippen LogP contribution < -0.4 is 0 Å².